The molecule has 0 aromatic heterocycles. The van der Waals surface area contributed by atoms with Crippen molar-refractivity contribution in [3.63, 3.8) is 0 Å². The predicted octanol–water partition coefficient (Wildman–Crippen LogP) is 4.49. The van der Waals surface area contributed by atoms with Gasteiger partial charge in [-0.25, -0.2) is 0 Å². The Morgan fingerprint density at radius 2 is 1.82 bits per heavy atom. The Kier molecular flexibility index (Phi) is 4.16. The van der Waals surface area contributed by atoms with Gasteiger partial charge in [-0.1, -0.05) is 24.3 Å². The first-order chi connectivity index (χ1) is 10.3. The van der Waals surface area contributed by atoms with E-state index in [0.717, 1.165) is 30.3 Å². The van der Waals surface area contributed by atoms with Crippen LogP contribution in [0.4, 0.5) is 18.9 Å². The zero-order chi connectivity index (χ0) is 16.3. The fourth-order valence-corrected chi connectivity index (χ4v) is 1.79. The second kappa shape index (κ2) is 5.88. The van der Waals surface area contributed by atoms with Crippen LogP contribution in [0.2, 0.25) is 0 Å². The molecule has 0 aliphatic rings. The van der Waals surface area contributed by atoms with Crippen molar-refractivity contribution in [3.05, 3.63) is 69.3 Å². The standard InChI is InChI=1S/C15H10F3NO3/c16-15(17,18)12-3-1-2-10(8-12)4-5-11-9-13(19(21)22)6-7-14(11)20/h1-9,20H/b5-4+. The minimum Gasteiger partial charge on any atom is -0.507 e. The van der Waals surface area contributed by atoms with Gasteiger partial charge in [-0.2, -0.15) is 13.2 Å². The number of nitro groups is 1. The summed E-state index contributed by atoms with van der Waals surface area (Å²) in [6.45, 7) is 0. The highest BCUT2D eigenvalue weighted by Gasteiger charge is 2.30. The van der Waals surface area contributed by atoms with E-state index in [0.29, 0.717) is 0 Å². The normalized spacial score (nSPS) is 11.8. The van der Waals surface area contributed by atoms with Gasteiger partial charge < -0.3 is 5.11 Å². The van der Waals surface area contributed by atoms with Crippen LogP contribution in [0.1, 0.15) is 16.7 Å². The topological polar surface area (TPSA) is 63.4 Å². The third-order valence-corrected chi connectivity index (χ3v) is 2.89. The van der Waals surface area contributed by atoms with Crippen molar-refractivity contribution in [1.82, 2.24) is 0 Å². The molecule has 0 heterocycles. The molecule has 0 radical (unpaired) electrons. The Labute approximate surface area is 123 Å². The van der Waals surface area contributed by atoms with Crippen molar-refractivity contribution in [2.24, 2.45) is 0 Å². The summed E-state index contributed by atoms with van der Waals surface area (Å²) >= 11 is 0. The van der Waals surface area contributed by atoms with Crippen molar-refractivity contribution in [2.75, 3.05) is 0 Å². The molecule has 0 bridgehead atoms. The maximum Gasteiger partial charge on any atom is 0.416 e. The second-order valence-electron chi connectivity index (χ2n) is 4.46. The van der Waals surface area contributed by atoms with Crippen LogP contribution < -0.4 is 0 Å². The minimum absolute atomic E-state index is 0.145. The number of nitrogens with zero attached hydrogens (tertiary/aromatic N) is 1. The summed E-state index contributed by atoms with van der Waals surface area (Å²) in [7, 11) is 0. The fraction of sp³-hybridized carbons (Fsp3) is 0.0667. The van der Waals surface area contributed by atoms with Crippen LogP contribution in [0.5, 0.6) is 5.75 Å². The van der Waals surface area contributed by atoms with E-state index in [4.69, 9.17) is 0 Å². The molecule has 0 saturated heterocycles. The molecule has 0 spiro atoms. The van der Waals surface area contributed by atoms with E-state index in [2.05, 4.69) is 0 Å². The SMILES string of the molecule is O=[N+]([O-])c1ccc(O)c(/C=C/c2cccc(C(F)(F)F)c2)c1. The molecule has 2 aromatic rings. The van der Waals surface area contributed by atoms with E-state index < -0.39 is 16.7 Å². The van der Waals surface area contributed by atoms with Gasteiger partial charge in [0.25, 0.3) is 5.69 Å². The van der Waals surface area contributed by atoms with Crippen molar-refractivity contribution >= 4 is 17.8 Å². The van der Waals surface area contributed by atoms with E-state index in [-0.39, 0.29) is 22.6 Å². The molecule has 7 heteroatoms. The van der Waals surface area contributed by atoms with Crippen LogP contribution in [0.15, 0.2) is 42.5 Å². The number of halogens is 3. The van der Waals surface area contributed by atoms with E-state index >= 15 is 0 Å². The molecule has 0 aliphatic heterocycles. The summed E-state index contributed by atoms with van der Waals surface area (Å²) in [6, 6.07) is 8.04. The van der Waals surface area contributed by atoms with Gasteiger partial charge in [0.1, 0.15) is 5.75 Å². The number of phenols is 1. The molecule has 4 nitrogen and oxygen atoms in total. The average molecular weight is 309 g/mol. The molecule has 0 atom stereocenters. The largest absolute Gasteiger partial charge is 0.507 e. The maximum atomic E-state index is 12.6. The zero-order valence-electron chi connectivity index (χ0n) is 11.0. The molecule has 0 fully saturated rings. The summed E-state index contributed by atoms with van der Waals surface area (Å²) in [6.07, 6.45) is -1.79. The lowest BCUT2D eigenvalue weighted by Crippen LogP contribution is -2.04. The number of phenolic OH excluding ortho intramolecular Hbond substituents is 1. The number of benzene rings is 2. The molecular formula is C15H10F3NO3. The van der Waals surface area contributed by atoms with Crippen molar-refractivity contribution in [1.29, 1.82) is 0 Å². The van der Waals surface area contributed by atoms with Crippen LogP contribution in [0, 0.1) is 10.1 Å². The molecular weight excluding hydrogens is 299 g/mol. The van der Waals surface area contributed by atoms with Crippen LogP contribution in [0.25, 0.3) is 12.2 Å². The number of rotatable bonds is 3. The number of hydrogen-bond acceptors (Lipinski definition) is 3. The lowest BCUT2D eigenvalue weighted by Gasteiger charge is -2.06. The smallest absolute Gasteiger partial charge is 0.416 e. The fourth-order valence-electron chi connectivity index (χ4n) is 1.79. The second-order valence-corrected chi connectivity index (χ2v) is 4.46. The first-order valence-electron chi connectivity index (χ1n) is 6.10. The molecule has 0 saturated carbocycles. The van der Waals surface area contributed by atoms with E-state index in [1.165, 1.54) is 24.3 Å². The zero-order valence-corrected chi connectivity index (χ0v) is 11.0. The van der Waals surface area contributed by atoms with Crippen LogP contribution in [0.3, 0.4) is 0 Å². The summed E-state index contributed by atoms with van der Waals surface area (Å²) in [5.74, 6) is -0.200. The Balaban J connectivity index is 2.33. The molecule has 2 rings (SSSR count). The number of aromatic hydroxyl groups is 1. The van der Waals surface area contributed by atoms with Gasteiger partial charge in [0.2, 0.25) is 0 Å². The average Bonchev–Trinajstić information content (AvgIpc) is 2.45. The quantitative estimate of drug-likeness (QED) is 0.516. The van der Waals surface area contributed by atoms with Crippen LogP contribution in [-0.4, -0.2) is 10.0 Å². The van der Waals surface area contributed by atoms with Gasteiger partial charge >= 0.3 is 6.18 Å². The highest BCUT2D eigenvalue weighted by atomic mass is 19.4. The number of non-ortho nitro benzene ring substituents is 1. The third kappa shape index (κ3) is 3.63. The van der Waals surface area contributed by atoms with Crippen LogP contribution in [-0.2, 0) is 6.18 Å². The van der Waals surface area contributed by atoms with E-state index in [1.807, 2.05) is 0 Å². The number of nitro benzene ring substituents is 1. The van der Waals surface area contributed by atoms with E-state index in [1.54, 1.807) is 0 Å². The molecule has 0 aliphatic carbocycles. The maximum absolute atomic E-state index is 12.6. The van der Waals surface area contributed by atoms with Crippen molar-refractivity contribution in [2.45, 2.75) is 6.18 Å². The molecule has 0 amide bonds. The summed E-state index contributed by atoms with van der Waals surface area (Å²) < 4.78 is 37.8. The third-order valence-electron chi connectivity index (χ3n) is 2.89. The first-order valence-corrected chi connectivity index (χ1v) is 6.10. The lowest BCUT2D eigenvalue weighted by atomic mass is 10.1. The Morgan fingerprint density at radius 1 is 1.09 bits per heavy atom. The Morgan fingerprint density at radius 3 is 2.45 bits per heavy atom. The van der Waals surface area contributed by atoms with Gasteiger partial charge in [0, 0.05) is 17.7 Å². The number of hydrogen-bond donors (Lipinski definition) is 1. The molecule has 22 heavy (non-hydrogen) atoms. The predicted molar refractivity (Wildman–Crippen MR) is 75.1 cm³/mol. The van der Waals surface area contributed by atoms with Crippen molar-refractivity contribution < 1.29 is 23.2 Å². The summed E-state index contributed by atoms with van der Waals surface area (Å²) in [4.78, 5) is 10.0. The Bertz CT molecular complexity index is 739. The van der Waals surface area contributed by atoms with Gasteiger partial charge in [0.05, 0.1) is 10.5 Å². The minimum atomic E-state index is -4.45. The summed E-state index contributed by atoms with van der Waals surface area (Å²) in [5, 5.41) is 20.3. The van der Waals surface area contributed by atoms with Crippen LogP contribution >= 0.6 is 0 Å². The lowest BCUT2D eigenvalue weighted by molar-refractivity contribution is -0.384. The number of alkyl halides is 3. The monoisotopic (exact) mass is 309 g/mol. The summed E-state index contributed by atoms with van der Waals surface area (Å²) in [5.41, 5.74) is -0.605. The highest BCUT2D eigenvalue weighted by Crippen LogP contribution is 2.30. The first kappa shape index (κ1) is 15.6. The van der Waals surface area contributed by atoms with Gasteiger partial charge in [0.15, 0.2) is 0 Å². The Hall–Kier alpha value is -2.83. The van der Waals surface area contributed by atoms with Gasteiger partial charge in [-0.15, -0.1) is 0 Å². The van der Waals surface area contributed by atoms with Gasteiger partial charge in [-0.05, 0) is 23.8 Å². The molecule has 2 aromatic carbocycles. The van der Waals surface area contributed by atoms with E-state index in [9.17, 15) is 28.4 Å². The molecule has 0 unspecified atom stereocenters. The molecule has 114 valence electrons. The van der Waals surface area contributed by atoms with Gasteiger partial charge in [-0.3, -0.25) is 10.1 Å². The van der Waals surface area contributed by atoms with Crippen molar-refractivity contribution in [3.8, 4) is 5.75 Å². The highest BCUT2D eigenvalue weighted by molar-refractivity contribution is 5.73. The molecule has 1 N–H and O–H groups in total.